The van der Waals surface area contributed by atoms with Crippen LogP contribution in [0.3, 0.4) is 0 Å². The molecule has 1 aliphatic carbocycles. The summed E-state index contributed by atoms with van der Waals surface area (Å²) in [6.07, 6.45) is 5.21. The van der Waals surface area contributed by atoms with E-state index in [9.17, 15) is 0 Å². The Labute approximate surface area is 99.3 Å². The van der Waals surface area contributed by atoms with Crippen LogP contribution in [0.25, 0.3) is 0 Å². The molecule has 0 amide bonds. The van der Waals surface area contributed by atoms with E-state index in [0.29, 0.717) is 6.04 Å². The van der Waals surface area contributed by atoms with Gasteiger partial charge in [-0.05, 0) is 42.9 Å². The number of benzene rings is 1. The molecule has 0 aromatic heterocycles. The topological polar surface area (TPSA) is 12.0 Å². The molecule has 16 heavy (non-hydrogen) atoms. The maximum atomic E-state index is 3.61. The Bertz CT molecular complexity index is 326. The van der Waals surface area contributed by atoms with Crippen LogP contribution in [0, 0.1) is 0 Å². The van der Waals surface area contributed by atoms with Gasteiger partial charge in [-0.3, -0.25) is 0 Å². The molecular weight excluding hydrogens is 194 g/mol. The van der Waals surface area contributed by atoms with E-state index < -0.39 is 0 Å². The second-order valence-corrected chi connectivity index (χ2v) is 4.88. The summed E-state index contributed by atoms with van der Waals surface area (Å²) in [6.45, 7) is 5.58. The van der Waals surface area contributed by atoms with Gasteiger partial charge in [0.2, 0.25) is 0 Å². The predicted molar refractivity (Wildman–Crippen MR) is 69.9 cm³/mol. The van der Waals surface area contributed by atoms with Crippen molar-refractivity contribution < 1.29 is 0 Å². The van der Waals surface area contributed by atoms with E-state index in [4.69, 9.17) is 0 Å². The Balaban J connectivity index is 1.91. The lowest BCUT2D eigenvalue weighted by Gasteiger charge is -2.33. The molecule has 1 heteroatoms. The first-order valence-electron chi connectivity index (χ1n) is 6.66. The summed E-state index contributed by atoms with van der Waals surface area (Å²) in [5.74, 6) is 0.812. The maximum absolute atomic E-state index is 3.61. The average Bonchev–Trinajstić information content (AvgIpc) is 2.26. The molecule has 0 saturated heterocycles. The van der Waals surface area contributed by atoms with Gasteiger partial charge >= 0.3 is 0 Å². The lowest BCUT2D eigenvalue weighted by Crippen LogP contribution is -2.33. The molecule has 2 unspecified atom stereocenters. The molecule has 1 aliphatic rings. The number of hydrogen-bond acceptors (Lipinski definition) is 1. The van der Waals surface area contributed by atoms with Gasteiger partial charge in [-0.25, -0.2) is 0 Å². The zero-order valence-electron chi connectivity index (χ0n) is 10.5. The van der Waals surface area contributed by atoms with E-state index in [1.54, 1.807) is 11.1 Å². The molecule has 88 valence electrons. The molecule has 0 heterocycles. The molecule has 2 rings (SSSR count). The first kappa shape index (κ1) is 11.7. The van der Waals surface area contributed by atoms with Crippen LogP contribution in [-0.2, 0) is 6.42 Å². The smallest absolute Gasteiger partial charge is 0.00727 e. The van der Waals surface area contributed by atoms with Crippen LogP contribution in [0.4, 0.5) is 0 Å². The van der Waals surface area contributed by atoms with E-state index in [0.717, 1.165) is 12.5 Å². The quantitative estimate of drug-likeness (QED) is 0.769. The third-order valence-electron chi connectivity index (χ3n) is 3.66. The highest BCUT2D eigenvalue weighted by atomic mass is 14.9. The average molecular weight is 217 g/mol. The molecule has 0 radical (unpaired) electrons. The summed E-state index contributed by atoms with van der Waals surface area (Å²) in [5, 5.41) is 3.61. The summed E-state index contributed by atoms with van der Waals surface area (Å²) in [4.78, 5) is 0. The van der Waals surface area contributed by atoms with Crippen molar-refractivity contribution in [3.63, 3.8) is 0 Å². The third-order valence-corrected chi connectivity index (χ3v) is 3.66. The fraction of sp³-hybridized carbons (Fsp3) is 0.600. The van der Waals surface area contributed by atoms with E-state index in [-0.39, 0.29) is 0 Å². The van der Waals surface area contributed by atoms with E-state index in [1.165, 1.54) is 25.7 Å². The minimum absolute atomic E-state index is 0.716. The molecule has 1 N–H and O–H groups in total. The Morgan fingerprint density at radius 3 is 2.81 bits per heavy atom. The first-order valence-corrected chi connectivity index (χ1v) is 6.66. The fourth-order valence-electron chi connectivity index (χ4n) is 2.86. The van der Waals surface area contributed by atoms with Gasteiger partial charge in [0.25, 0.3) is 0 Å². The van der Waals surface area contributed by atoms with Crippen LogP contribution >= 0.6 is 0 Å². The Hall–Kier alpha value is -0.820. The second-order valence-electron chi connectivity index (χ2n) is 4.88. The van der Waals surface area contributed by atoms with Crippen LogP contribution < -0.4 is 5.32 Å². The fourth-order valence-corrected chi connectivity index (χ4v) is 2.86. The van der Waals surface area contributed by atoms with Crippen molar-refractivity contribution in [1.29, 1.82) is 0 Å². The van der Waals surface area contributed by atoms with Crippen molar-refractivity contribution in [3.05, 3.63) is 35.4 Å². The molecule has 0 bridgehead atoms. The molecule has 0 aliphatic heterocycles. The number of fused-ring (bicyclic) bond motifs is 1. The standard InChI is InChI=1S/C15H23N/c1-3-7-14(16-4-2)11-13-10-12-8-5-6-9-15(12)13/h5-6,8-9,13-14,16H,3-4,7,10-11H2,1-2H3. The first-order chi connectivity index (χ1) is 7.85. The molecule has 1 nitrogen and oxygen atoms in total. The van der Waals surface area contributed by atoms with Crippen molar-refractivity contribution in [2.75, 3.05) is 6.54 Å². The molecule has 0 saturated carbocycles. The van der Waals surface area contributed by atoms with Gasteiger partial charge < -0.3 is 5.32 Å². The number of hydrogen-bond donors (Lipinski definition) is 1. The Kier molecular flexibility index (Phi) is 4.00. The number of rotatable bonds is 6. The van der Waals surface area contributed by atoms with E-state index >= 15 is 0 Å². The highest BCUT2D eigenvalue weighted by Crippen LogP contribution is 2.38. The van der Waals surface area contributed by atoms with Crippen molar-refractivity contribution in [1.82, 2.24) is 5.32 Å². The van der Waals surface area contributed by atoms with Crippen molar-refractivity contribution >= 4 is 0 Å². The molecule has 1 aromatic rings. The van der Waals surface area contributed by atoms with Crippen molar-refractivity contribution in [2.45, 2.75) is 51.5 Å². The zero-order chi connectivity index (χ0) is 11.4. The normalized spacial score (nSPS) is 20.0. The highest BCUT2D eigenvalue weighted by Gasteiger charge is 2.27. The maximum Gasteiger partial charge on any atom is 0.00727 e. The van der Waals surface area contributed by atoms with Gasteiger partial charge in [0, 0.05) is 6.04 Å². The monoisotopic (exact) mass is 217 g/mol. The summed E-state index contributed by atoms with van der Waals surface area (Å²) in [7, 11) is 0. The largest absolute Gasteiger partial charge is 0.314 e. The predicted octanol–water partition coefficient (Wildman–Crippen LogP) is 3.49. The summed E-state index contributed by atoms with van der Waals surface area (Å²) in [5.41, 5.74) is 3.17. The molecule has 0 fully saturated rings. The summed E-state index contributed by atoms with van der Waals surface area (Å²) in [6, 6.07) is 9.62. The summed E-state index contributed by atoms with van der Waals surface area (Å²) >= 11 is 0. The minimum atomic E-state index is 0.716. The third kappa shape index (κ3) is 2.46. The van der Waals surface area contributed by atoms with E-state index in [1.807, 2.05) is 0 Å². The minimum Gasteiger partial charge on any atom is -0.314 e. The van der Waals surface area contributed by atoms with Crippen molar-refractivity contribution in [2.24, 2.45) is 0 Å². The summed E-state index contributed by atoms with van der Waals surface area (Å²) < 4.78 is 0. The van der Waals surface area contributed by atoms with Crippen LogP contribution in [0.1, 0.15) is 50.2 Å². The molecule has 1 aromatic carbocycles. The van der Waals surface area contributed by atoms with Crippen LogP contribution in [0.2, 0.25) is 0 Å². The van der Waals surface area contributed by atoms with Gasteiger partial charge in [0.05, 0.1) is 0 Å². The van der Waals surface area contributed by atoms with Crippen LogP contribution in [-0.4, -0.2) is 12.6 Å². The van der Waals surface area contributed by atoms with E-state index in [2.05, 4.69) is 43.4 Å². The van der Waals surface area contributed by atoms with Gasteiger partial charge in [0.15, 0.2) is 0 Å². The number of nitrogens with one attached hydrogen (secondary N) is 1. The lowest BCUT2D eigenvalue weighted by atomic mass is 9.74. The second kappa shape index (κ2) is 5.49. The van der Waals surface area contributed by atoms with Crippen LogP contribution in [0.5, 0.6) is 0 Å². The van der Waals surface area contributed by atoms with Gasteiger partial charge in [-0.15, -0.1) is 0 Å². The Morgan fingerprint density at radius 1 is 1.31 bits per heavy atom. The lowest BCUT2D eigenvalue weighted by molar-refractivity contribution is 0.402. The van der Waals surface area contributed by atoms with Crippen LogP contribution in [0.15, 0.2) is 24.3 Å². The van der Waals surface area contributed by atoms with Gasteiger partial charge in [-0.2, -0.15) is 0 Å². The van der Waals surface area contributed by atoms with Gasteiger partial charge in [0.1, 0.15) is 0 Å². The molecule has 0 spiro atoms. The van der Waals surface area contributed by atoms with Crippen molar-refractivity contribution in [3.8, 4) is 0 Å². The molecular formula is C15H23N. The molecule has 2 atom stereocenters. The zero-order valence-corrected chi connectivity index (χ0v) is 10.5. The Morgan fingerprint density at radius 2 is 2.12 bits per heavy atom. The van der Waals surface area contributed by atoms with Gasteiger partial charge in [-0.1, -0.05) is 44.5 Å². The highest BCUT2D eigenvalue weighted by molar-refractivity contribution is 5.39. The SMILES string of the molecule is CCCC(CC1Cc2ccccc21)NCC.